The zero-order chi connectivity index (χ0) is 20.6. The molecule has 3 unspecified atom stereocenters. The maximum Gasteiger partial charge on any atom is 0.408 e. The predicted octanol–water partition coefficient (Wildman–Crippen LogP) is 3.92. The number of carbonyl (C=O) groups excluding carboxylic acids is 2. The number of ether oxygens (including phenoxy) is 1. The Balaban J connectivity index is 1.98. The Labute approximate surface area is 167 Å². The zero-order valence-corrected chi connectivity index (χ0v) is 17.0. The van der Waals surface area contributed by atoms with Gasteiger partial charge in [-0.05, 0) is 43.1 Å². The summed E-state index contributed by atoms with van der Waals surface area (Å²) < 4.78 is 5.25. The minimum absolute atomic E-state index is 0.141. The van der Waals surface area contributed by atoms with Gasteiger partial charge in [0.15, 0.2) is 0 Å². The number of nitrogens with one attached hydrogen (secondary N) is 2. The Morgan fingerprint density at radius 2 is 2.04 bits per heavy atom. The molecule has 0 radical (unpaired) electrons. The first-order valence-electron chi connectivity index (χ1n) is 10.0. The van der Waals surface area contributed by atoms with E-state index in [0.717, 1.165) is 18.4 Å². The molecule has 152 valence electrons. The third kappa shape index (κ3) is 6.56. The molecule has 1 aromatic rings. The van der Waals surface area contributed by atoms with Crippen molar-refractivity contribution >= 4 is 12.0 Å². The molecule has 28 heavy (non-hydrogen) atoms. The van der Waals surface area contributed by atoms with E-state index in [0.29, 0.717) is 25.2 Å². The monoisotopic (exact) mass is 385 g/mol. The molecule has 1 aliphatic carbocycles. The minimum Gasteiger partial charge on any atom is -0.445 e. The Hall–Kier alpha value is -2.55. The first kappa shape index (κ1) is 21.7. The summed E-state index contributed by atoms with van der Waals surface area (Å²) in [6, 6.07) is 11.0. The van der Waals surface area contributed by atoms with Crippen molar-refractivity contribution in [2.45, 2.75) is 71.1 Å². The summed E-state index contributed by atoms with van der Waals surface area (Å²) in [5, 5.41) is 15.3. The Kier molecular flexibility index (Phi) is 7.86. The quantitative estimate of drug-likeness (QED) is 0.744. The number of rotatable bonds is 7. The largest absolute Gasteiger partial charge is 0.445 e. The highest BCUT2D eigenvalue weighted by atomic mass is 16.5. The summed E-state index contributed by atoms with van der Waals surface area (Å²) in [5.41, 5.74) is 0.0294. The van der Waals surface area contributed by atoms with Crippen LogP contribution in [0.2, 0.25) is 0 Å². The standard InChI is InChI=1S/C22H31N3O3/c1-16(2)12-19(24-21(27)28-14-18-9-5-4-6-10-18)20(26)25-22(15-23)11-7-8-17(3)13-22/h4-6,9-10,16-17,19H,7-8,11-14H2,1-3H3,(H,24,27)(H,25,26). The van der Waals surface area contributed by atoms with Crippen LogP contribution in [0.15, 0.2) is 30.3 Å². The average molecular weight is 386 g/mol. The van der Waals surface area contributed by atoms with Gasteiger partial charge in [-0.15, -0.1) is 0 Å². The Morgan fingerprint density at radius 1 is 1.32 bits per heavy atom. The molecule has 1 saturated carbocycles. The molecular weight excluding hydrogens is 354 g/mol. The average Bonchev–Trinajstić information content (AvgIpc) is 2.66. The van der Waals surface area contributed by atoms with Crippen LogP contribution in [0.3, 0.4) is 0 Å². The zero-order valence-electron chi connectivity index (χ0n) is 17.0. The highest BCUT2D eigenvalue weighted by Gasteiger charge is 2.38. The lowest BCUT2D eigenvalue weighted by Gasteiger charge is -2.36. The van der Waals surface area contributed by atoms with Crippen LogP contribution in [0, 0.1) is 23.2 Å². The van der Waals surface area contributed by atoms with Crippen molar-refractivity contribution in [3.8, 4) is 6.07 Å². The molecule has 1 aliphatic rings. The van der Waals surface area contributed by atoms with Gasteiger partial charge in [-0.2, -0.15) is 5.26 Å². The molecule has 0 aromatic heterocycles. The van der Waals surface area contributed by atoms with Crippen LogP contribution in [-0.2, 0) is 16.1 Å². The van der Waals surface area contributed by atoms with E-state index in [4.69, 9.17) is 4.74 Å². The second kappa shape index (κ2) is 10.1. The first-order chi connectivity index (χ1) is 13.3. The molecule has 1 fully saturated rings. The highest BCUT2D eigenvalue weighted by Crippen LogP contribution is 2.32. The van der Waals surface area contributed by atoms with Gasteiger partial charge in [0.1, 0.15) is 18.2 Å². The third-order valence-corrected chi connectivity index (χ3v) is 5.10. The normalized spacial score (nSPS) is 22.8. The van der Waals surface area contributed by atoms with Gasteiger partial charge in [-0.25, -0.2) is 4.79 Å². The van der Waals surface area contributed by atoms with Gasteiger partial charge in [-0.1, -0.05) is 57.5 Å². The molecule has 2 amide bonds. The van der Waals surface area contributed by atoms with E-state index in [2.05, 4.69) is 23.6 Å². The maximum atomic E-state index is 12.9. The lowest BCUT2D eigenvalue weighted by Crippen LogP contribution is -2.56. The van der Waals surface area contributed by atoms with Crippen LogP contribution in [-0.4, -0.2) is 23.6 Å². The van der Waals surface area contributed by atoms with E-state index < -0.39 is 17.7 Å². The summed E-state index contributed by atoms with van der Waals surface area (Å²) in [6.45, 7) is 6.21. The smallest absolute Gasteiger partial charge is 0.408 e. The number of amides is 2. The molecule has 0 saturated heterocycles. The van der Waals surface area contributed by atoms with Crippen LogP contribution >= 0.6 is 0 Å². The van der Waals surface area contributed by atoms with Crippen LogP contribution in [0.5, 0.6) is 0 Å². The van der Waals surface area contributed by atoms with E-state index in [1.54, 1.807) is 0 Å². The molecular formula is C22H31N3O3. The van der Waals surface area contributed by atoms with Crippen LogP contribution in [0.4, 0.5) is 4.79 Å². The fourth-order valence-electron chi connectivity index (χ4n) is 3.73. The summed E-state index contributed by atoms with van der Waals surface area (Å²) in [5.74, 6) is 0.274. The van der Waals surface area contributed by atoms with Crippen molar-refractivity contribution < 1.29 is 14.3 Å². The molecule has 6 heteroatoms. The number of nitriles is 1. The van der Waals surface area contributed by atoms with E-state index in [9.17, 15) is 14.9 Å². The van der Waals surface area contributed by atoms with Crippen molar-refractivity contribution in [1.29, 1.82) is 5.26 Å². The summed E-state index contributed by atoms with van der Waals surface area (Å²) in [4.78, 5) is 25.1. The first-order valence-corrected chi connectivity index (χ1v) is 10.0. The molecule has 2 N–H and O–H groups in total. The van der Waals surface area contributed by atoms with Gasteiger partial charge < -0.3 is 15.4 Å². The maximum absolute atomic E-state index is 12.9. The van der Waals surface area contributed by atoms with Gasteiger partial charge in [0, 0.05) is 0 Å². The number of alkyl carbamates (subject to hydrolysis) is 1. The summed E-state index contributed by atoms with van der Waals surface area (Å²) in [6.07, 6.45) is 3.11. The van der Waals surface area contributed by atoms with Crippen LogP contribution < -0.4 is 10.6 Å². The highest BCUT2D eigenvalue weighted by molar-refractivity contribution is 5.86. The van der Waals surface area contributed by atoms with Crippen molar-refractivity contribution in [1.82, 2.24) is 10.6 Å². The van der Waals surface area contributed by atoms with Crippen molar-refractivity contribution in [3.63, 3.8) is 0 Å². The molecule has 0 spiro atoms. The number of carbonyl (C=O) groups is 2. The van der Waals surface area contributed by atoms with Crippen molar-refractivity contribution in [2.24, 2.45) is 11.8 Å². The van der Waals surface area contributed by atoms with Crippen molar-refractivity contribution in [3.05, 3.63) is 35.9 Å². The fraction of sp³-hybridized carbons (Fsp3) is 0.591. The molecule has 1 aromatic carbocycles. The number of benzene rings is 1. The van der Waals surface area contributed by atoms with Gasteiger partial charge in [0.2, 0.25) is 5.91 Å². The summed E-state index contributed by atoms with van der Waals surface area (Å²) >= 11 is 0. The van der Waals surface area contributed by atoms with E-state index >= 15 is 0 Å². The second-order valence-corrected chi connectivity index (χ2v) is 8.27. The molecule has 0 bridgehead atoms. The Bertz CT molecular complexity index is 699. The minimum atomic E-state index is -0.848. The fourth-order valence-corrected chi connectivity index (χ4v) is 3.73. The SMILES string of the molecule is CC(C)CC(NC(=O)OCc1ccccc1)C(=O)NC1(C#N)CCCC(C)C1. The lowest BCUT2D eigenvalue weighted by atomic mass is 9.77. The molecule has 2 rings (SSSR count). The van der Waals surface area contributed by atoms with Gasteiger partial charge in [-0.3, -0.25) is 4.79 Å². The Morgan fingerprint density at radius 3 is 2.64 bits per heavy atom. The van der Waals surface area contributed by atoms with Gasteiger partial charge >= 0.3 is 6.09 Å². The topological polar surface area (TPSA) is 91.2 Å². The summed E-state index contributed by atoms with van der Waals surface area (Å²) in [7, 11) is 0. The van der Waals surface area contributed by atoms with E-state index in [1.165, 1.54) is 0 Å². The van der Waals surface area contributed by atoms with Crippen molar-refractivity contribution in [2.75, 3.05) is 0 Å². The number of nitrogens with zero attached hydrogens (tertiary/aromatic N) is 1. The van der Waals surface area contributed by atoms with Crippen LogP contribution in [0.1, 0.15) is 58.4 Å². The van der Waals surface area contributed by atoms with Gasteiger partial charge in [0.05, 0.1) is 6.07 Å². The lowest BCUT2D eigenvalue weighted by molar-refractivity contribution is -0.125. The van der Waals surface area contributed by atoms with Crippen LogP contribution in [0.25, 0.3) is 0 Å². The molecule has 0 aliphatic heterocycles. The molecule has 6 nitrogen and oxygen atoms in total. The molecule has 3 atom stereocenters. The third-order valence-electron chi connectivity index (χ3n) is 5.10. The predicted molar refractivity (Wildman–Crippen MR) is 107 cm³/mol. The molecule has 0 heterocycles. The second-order valence-electron chi connectivity index (χ2n) is 8.27. The van der Waals surface area contributed by atoms with Gasteiger partial charge in [0.25, 0.3) is 0 Å². The van der Waals surface area contributed by atoms with E-state index in [1.807, 2.05) is 44.2 Å². The number of hydrogen-bond donors (Lipinski definition) is 2. The van der Waals surface area contributed by atoms with E-state index in [-0.39, 0.29) is 18.4 Å². The number of hydrogen-bond acceptors (Lipinski definition) is 4.